The maximum absolute atomic E-state index is 12.4. The summed E-state index contributed by atoms with van der Waals surface area (Å²) in [7, 11) is 0. The van der Waals surface area contributed by atoms with Crippen LogP contribution in [0, 0.1) is 0 Å². The average molecular weight is 324 g/mol. The third-order valence-corrected chi connectivity index (χ3v) is 4.07. The highest BCUT2D eigenvalue weighted by Crippen LogP contribution is 2.27. The second kappa shape index (κ2) is 10.5. The van der Waals surface area contributed by atoms with E-state index in [1.165, 1.54) is 0 Å². The highest BCUT2D eigenvalue weighted by molar-refractivity contribution is 7.99. The van der Waals surface area contributed by atoms with Gasteiger partial charge in [0.05, 0.1) is 18.8 Å². The van der Waals surface area contributed by atoms with Crippen LogP contribution in [-0.2, 0) is 0 Å². The van der Waals surface area contributed by atoms with Gasteiger partial charge in [0.2, 0.25) is 0 Å². The van der Waals surface area contributed by atoms with Crippen molar-refractivity contribution in [3.8, 4) is 11.5 Å². The van der Waals surface area contributed by atoms with E-state index in [0.717, 1.165) is 24.3 Å². The first-order valence-corrected chi connectivity index (χ1v) is 9.17. The van der Waals surface area contributed by atoms with Crippen molar-refractivity contribution in [2.45, 2.75) is 52.2 Å². The zero-order valence-corrected chi connectivity index (χ0v) is 15.0. The van der Waals surface area contributed by atoms with Crippen molar-refractivity contribution in [2.24, 2.45) is 0 Å². The van der Waals surface area contributed by atoms with Gasteiger partial charge in [0, 0.05) is 18.2 Å². The second-order valence-electron chi connectivity index (χ2n) is 5.45. The van der Waals surface area contributed by atoms with E-state index in [1.807, 2.05) is 18.2 Å². The molecule has 1 aromatic rings. The van der Waals surface area contributed by atoms with Crippen LogP contribution in [0.3, 0.4) is 0 Å². The minimum absolute atomic E-state index is 0.140. The summed E-state index contributed by atoms with van der Waals surface area (Å²) in [5, 5.41) is 0.549. The number of ketones is 1. The van der Waals surface area contributed by atoms with E-state index in [9.17, 15) is 4.79 Å². The minimum atomic E-state index is 0.140. The van der Waals surface area contributed by atoms with E-state index in [4.69, 9.17) is 9.47 Å². The summed E-state index contributed by atoms with van der Waals surface area (Å²) in [6.45, 7) is 9.69. The van der Waals surface area contributed by atoms with Crippen LogP contribution in [0.15, 0.2) is 18.2 Å². The summed E-state index contributed by atoms with van der Waals surface area (Å²) >= 11 is 1.81. The molecule has 0 spiro atoms. The Morgan fingerprint density at radius 3 is 2.45 bits per heavy atom. The molecule has 3 nitrogen and oxygen atoms in total. The highest BCUT2D eigenvalue weighted by atomic mass is 32.2. The summed E-state index contributed by atoms with van der Waals surface area (Å²) in [5.41, 5.74) is 0.668. The minimum Gasteiger partial charge on any atom is -0.493 e. The zero-order valence-electron chi connectivity index (χ0n) is 14.2. The van der Waals surface area contributed by atoms with Gasteiger partial charge in [0.15, 0.2) is 5.78 Å². The number of ether oxygens (including phenoxy) is 2. The molecule has 0 unspecified atom stereocenters. The molecule has 0 amide bonds. The quantitative estimate of drug-likeness (QED) is 0.538. The van der Waals surface area contributed by atoms with Gasteiger partial charge in [-0.05, 0) is 30.2 Å². The molecule has 22 heavy (non-hydrogen) atoms. The van der Waals surface area contributed by atoms with Crippen LogP contribution >= 0.6 is 11.8 Å². The molecule has 4 heteroatoms. The standard InChI is InChI=1S/C18H28O3S/c1-5-10-20-15-7-8-16(18(13-15)21-11-6-2)17(19)9-12-22-14(3)4/h7-8,13-14H,5-6,9-12H2,1-4H3. The van der Waals surface area contributed by atoms with E-state index in [1.54, 1.807) is 11.8 Å². The van der Waals surface area contributed by atoms with Crippen LogP contribution in [0.1, 0.15) is 57.3 Å². The summed E-state index contributed by atoms with van der Waals surface area (Å²) < 4.78 is 11.4. The molecule has 0 aliphatic heterocycles. The number of hydrogen-bond donors (Lipinski definition) is 0. The Morgan fingerprint density at radius 1 is 1.14 bits per heavy atom. The largest absolute Gasteiger partial charge is 0.493 e. The lowest BCUT2D eigenvalue weighted by Crippen LogP contribution is -2.07. The third kappa shape index (κ3) is 6.73. The normalized spacial score (nSPS) is 10.8. The number of carbonyl (C=O) groups is 1. The lowest BCUT2D eigenvalue weighted by atomic mass is 10.1. The molecular weight excluding hydrogens is 296 g/mol. The summed E-state index contributed by atoms with van der Waals surface area (Å²) in [6.07, 6.45) is 2.41. The molecule has 0 radical (unpaired) electrons. The van der Waals surface area contributed by atoms with Crippen molar-refractivity contribution in [1.82, 2.24) is 0 Å². The first-order chi connectivity index (χ1) is 10.6. The van der Waals surface area contributed by atoms with E-state index < -0.39 is 0 Å². The van der Waals surface area contributed by atoms with E-state index >= 15 is 0 Å². The molecule has 0 aliphatic carbocycles. The van der Waals surface area contributed by atoms with Crippen LogP contribution in [0.5, 0.6) is 11.5 Å². The van der Waals surface area contributed by atoms with Gasteiger partial charge in [-0.1, -0.05) is 27.7 Å². The highest BCUT2D eigenvalue weighted by Gasteiger charge is 2.14. The lowest BCUT2D eigenvalue weighted by molar-refractivity contribution is 0.0985. The van der Waals surface area contributed by atoms with Crippen LogP contribution in [0.4, 0.5) is 0 Å². The van der Waals surface area contributed by atoms with Gasteiger partial charge in [-0.3, -0.25) is 4.79 Å². The topological polar surface area (TPSA) is 35.5 Å². The monoisotopic (exact) mass is 324 g/mol. The fourth-order valence-electron chi connectivity index (χ4n) is 1.90. The maximum atomic E-state index is 12.4. The molecule has 0 saturated heterocycles. The SMILES string of the molecule is CCCOc1ccc(C(=O)CCSC(C)C)c(OCCC)c1. The van der Waals surface area contributed by atoms with Gasteiger partial charge in [0.1, 0.15) is 11.5 Å². The lowest BCUT2D eigenvalue weighted by Gasteiger charge is -2.13. The van der Waals surface area contributed by atoms with Gasteiger partial charge in [-0.15, -0.1) is 0 Å². The Kier molecular flexibility index (Phi) is 9.05. The molecule has 0 aliphatic rings. The number of benzene rings is 1. The molecular formula is C18H28O3S. The summed E-state index contributed by atoms with van der Waals surface area (Å²) in [6, 6.07) is 5.53. The van der Waals surface area contributed by atoms with Crippen molar-refractivity contribution in [3.05, 3.63) is 23.8 Å². The molecule has 0 heterocycles. The Labute approximate surface area is 138 Å². The molecule has 124 valence electrons. The fraction of sp³-hybridized carbons (Fsp3) is 0.611. The third-order valence-electron chi connectivity index (χ3n) is 2.97. The van der Waals surface area contributed by atoms with Gasteiger partial charge in [-0.2, -0.15) is 11.8 Å². The molecule has 0 N–H and O–H groups in total. The number of thioether (sulfide) groups is 1. The molecule has 0 aromatic heterocycles. The van der Waals surface area contributed by atoms with Gasteiger partial charge < -0.3 is 9.47 Å². The molecule has 1 rings (SSSR count). The van der Waals surface area contributed by atoms with Crippen molar-refractivity contribution in [2.75, 3.05) is 19.0 Å². The van der Waals surface area contributed by atoms with Crippen molar-refractivity contribution >= 4 is 17.5 Å². The van der Waals surface area contributed by atoms with E-state index in [2.05, 4.69) is 27.7 Å². The van der Waals surface area contributed by atoms with E-state index in [-0.39, 0.29) is 5.78 Å². The maximum Gasteiger partial charge on any atom is 0.167 e. The number of rotatable bonds is 11. The second-order valence-corrected chi connectivity index (χ2v) is 7.13. The van der Waals surface area contributed by atoms with Crippen LogP contribution in [0.25, 0.3) is 0 Å². The zero-order chi connectivity index (χ0) is 16.4. The molecule has 0 bridgehead atoms. The number of hydrogen-bond acceptors (Lipinski definition) is 4. The first-order valence-electron chi connectivity index (χ1n) is 8.12. The number of Topliss-reactive ketones (excluding diaryl/α,β-unsaturated/α-hetero) is 1. The average Bonchev–Trinajstić information content (AvgIpc) is 2.50. The predicted octanol–water partition coefficient (Wildman–Crippen LogP) is 4.98. The predicted molar refractivity (Wildman–Crippen MR) is 94.6 cm³/mol. The van der Waals surface area contributed by atoms with Crippen molar-refractivity contribution < 1.29 is 14.3 Å². The Balaban J connectivity index is 2.79. The van der Waals surface area contributed by atoms with Gasteiger partial charge >= 0.3 is 0 Å². The van der Waals surface area contributed by atoms with Crippen molar-refractivity contribution in [1.29, 1.82) is 0 Å². The van der Waals surface area contributed by atoms with Crippen LogP contribution < -0.4 is 9.47 Å². The summed E-state index contributed by atoms with van der Waals surface area (Å²) in [4.78, 5) is 12.4. The Morgan fingerprint density at radius 2 is 1.82 bits per heavy atom. The van der Waals surface area contributed by atoms with Crippen LogP contribution in [0.2, 0.25) is 0 Å². The van der Waals surface area contributed by atoms with Crippen LogP contribution in [-0.4, -0.2) is 30.0 Å². The Hall–Kier alpha value is -1.16. The molecule has 0 fully saturated rings. The van der Waals surface area contributed by atoms with Gasteiger partial charge in [0.25, 0.3) is 0 Å². The molecule has 0 atom stereocenters. The van der Waals surface area contributed by atoms with E-state index in [0.29, 0.717) is 36.2 Å². The van der Waals surface area contributed by atoms with Gasteiger partial charge in [-0.25, -0.2) is 0 Å². The fourth-order valence-corrected chi connectivity index (χ4v) is 2.67. The molecule has 1 aromatic carbocycles. The smallest absolute Gasteiger partial charge is 0.167 e. The molecule has 0 saturated carbocycles. The Bertz CT molecular complexity index is 458. The summed E-state index contributed by atoms with van der Waals surface area (Å²) in [5.74, 6) is 2.40. The van der Waals surface area contributed by atoms with Crippen molar-refractivity contribution in [3.63, 3.8) is 0 Å². The first kappa shape index (κ1) is 18.9. The number of carbonyl (C=O) groups excluding carboxylic acids is 1.